The molecule has 2 N–H and O–H groups in total. The van der Waals surface area contributed by atoms with Gasteiger partial charge in [0.15, 0.2) is 0 Å². The third-order valence-electron chi connectivity index (χ3n) is 3.68. The summed E-state index contributed by atoms with van der Waals surface area (Å²) < 4.78 is 5.34. The maximum atomic E-state index is 10.6. The van der Waals surface area contributed by atoms with Crippen molar-refractivity contribution in [3.8, 4) is 0 Å². The molecule has 16 heavy (non-hydrogen) atoms. The largest absolute Gasteiger partial charge is 0.385 e. The Bertz CT molecular complexity index is 385. The second-order valence-corrected chi connectivity index (χ2v) is 4.74. The number of hydrogen-bond acceptors (Lipinski definition) is 3. The summed E-state index contributed by atoms with van der Waals surface area (Å²) in [4.78, 5) is 0. The Morgan fingerprint density at radius 2 is 2.25 bits per heavy atom. The predicted octanol–water partition coefficient (Wildman–Crippen LogP) is 1.02. The van der Waals surface area contributed by atoms with Crippen molar-refractivity contribution < 1.29 is 9.84 Å². The first-order valence-electron chi connectivity index (χ1n) is 5.91. The number of nitrogens with one attached hydrogen (secondary N) is 1. The van der Waals surface area contributed by atoms with Crippen molar-refractivity contribution in [2.45, 2.75) is 24.5 Å². The van der Waals surface area contributed by atoms with Gasteiger partial charge in [0, 0.05) is 13.0 Å². The smallest absolute Gasteiger partial charge is 0.109 e. The van der Waals surface area contributed by atoms with E-state index in [0.29, 0.717) is 13.2 Å². The highest BCUT2D eigenvalue weighted by atomic mass is 16.5. The molecule has 1 fully saturated rings. The van der Waals surface area contributed by atoms with Crippen molar-refractivity contribution in [3.63, 3.8) is 0 Å². The zero-order valence-corrected chi connectivity index (χ0v) is 9.28. The lowest BCUT2D eigenvalue weighted by molar-refractivity contribution is -0.00966. The molecule has 0 radical (unpaired) electrons. The van der Waals surface area contributed by atoms with Gasteiger partial charge < -0.3 is 15.2 Å². The van der Waals surface area contributed by atoms with E-state index in [4.69, 9.17) is 4.74 Å². The molecule has 1 aromatic rings. The number of aliphatic hydroxyl groups is 1. The molecule has 2 atom stereocenters. The molecule has 2 aliphatic rings. The van der Waals surface area contributed by atoms with Gasteiger partial charge in [-0.1, -0.05) is 24.3 Å². The van der Waals surface area contributed by atoms with Crippen LogP contribution in [0.4, 0.5) is 0 Å². The van der Waals surface area contributed by atoms with Crippen molar-refractivity contribution in [1.82, 2.24) is 5.32 Å². The molecule has 0 aliphatic carbocycles. The Kier molecular flexibility index (Phi) is 2.46. The highest BCUT2D eigenvalue weighted by Crippen LogP contribution is 2.36. The second kappa shape index (κ2) is 3.84. The van der Waals surface area contributed by atoms with Crippen LogP contribution in [0, 0.1) is 0 Å². The summed E-state index contributed by atoms with van der Waals surface area (Å²) in [5.41, 5.74) is 1.87. The SMILES string of the molecule is OC1(C2NCCc3ccccc32)CCOC1. The van der Waals surface area contributed by atoms with E-state index < -0.39 is 5.60 Å². The van der Waals surface area contributed by atoms with Gasteiger partial charge in [0.2, 0.25) is 0 Å². The van der Waals surface area contributed by atoms with E-state index in [1.807, 2.05) is 6.07 Å². The lowest BCUT2D eigenvalue weighted by Gasteiger charge is -2.36. The molecule has 0 bridgehead atoms. The highest BCUT2D eigenvalue weighted by Gasteiger charge is 2.42. The van der Waals surface area contributed by atoms with Gasteiger partial charge in [0.25, 0.3) is 0 Å². The molecule has 0 saturated carbocycles. The second-order valence-electron chi connectivity index (χ2n) is 4.74. The minimum Gasteiger partial charge on any atom is -0.385 e. The molecule has 0 aromatic heterocycles. The van der Waals surface area contributed by atoms with Crippen LogP contribution in [0.15, 0.2) is 24.3 Å². The van der Waals surface area contributed by atoms with Crippen LogP contribution in [0.1, 0.15) is 23.6 Å². The predicted molar refractivity (Wildman–Crippen MR) is 61.3 cm³/mol. The van der Waals surface area contributed by atoms with Crippen molar-refractivity contribution in [1.29, 1.82) is 0 Å². The fraction of sp³-hybridized carbons (Fsp3) is 0.538. The topological polar surface area (TPSA) is 41.5 Å². The average molecular weight is 219 g/mol. The quantitative estimate of drug-likeness (QED) is 0.741. The molecular formula is C13H17NO2. The van der Waals surface area contributed by atoms with E-state index in [1.54, 1.807) is 0 Å². The standard InChI is InChI=1S/C13H17NO2/c15-13(6-8-16-9-13)12-11-4-2-1-3-10(11)5-7-14-12/h1-4,12,14-15H,5-9H2. The summed E-state index contributed by atoms with van der Waals surface area (Å²) in [6.45, 7) is 2.04. The van der Waals surface area contributed by atoms with Crippen LogP contribution < -0.4 is 5.32 Å². The van der Waals surface area contributed by atoms with Crippen molar-refractivity contribution in [3.05, 3.63) is 35.4 Å². The van der Waals surface area contributed by atoms with Gasteiger partial charge in [-0.3, -0.25) is 0 Å². The zero-order chi connectivity index (χ0) is 11.0. The van der Waals surface area contributed by atoms with E-state index in [0.717, 1.165) is 19.4 Å². The summed E-state index contributed by atoms with van der Waals surface area (Å²) in [5, 5.41) is 14.0. The molecule has 2 heterocycles. The molecule has 3 rings (SSSR count). The Labute approximate surface area is 95.4 Å². The van der Waals surface area contributed by atoms with E-state index in [1.165, 1.54) is 11.1 Å². The van der Waals surface area contributed by atoms with E-state index in [9.17, 15) is 5.11 Å². The van der Waals surface area contributed by atoms with Crippen LogP contribution in [0.5, 0.6) is 0 Å². The fourth-order valence-electron chi connectivity index (χ4n) is 2.78. The Morgan fingerprint density at radius 3 is 3.06 bits per heavy atom. The lowest BCUT2D eigenvalue weighted by atomic mass is 9.82. The molecule has 3 heteroatoms. The first kappa shape index (κ1) is 10.3. The Morgan fingerprint density at radius 1 is 1.38 bits per heavy atom. The Hall–Kier alpha value is -0.900. The van der Waals surface area contributed by atoms with Gasteiger partial charge in [0.1, 0.15) is 5.60 Å². The van der Waals surface area contributed by atoms with Crippen LogP contribution in [0.25, 0.3) is 0 Å². The summed E-state index contributed by atoms with van der Waals surface area (Å²) in [7, 11) is 0. The average Bonchev–Trinajstić information content (AvgIpc) is 2.77. The van der Waals surface area contributed by atoms with Crippen molar-refractivity contribution in [2.75, 3.05) is 19.8 Å². The molecule has 1 aromatic carbocycles. The van der Waals surface area contributed by atoms with E-state index >= 15 is 0 Å². The van der Waals surface area contributed by atoms with Crippen LogP contribution in [0.3, 0.4) is 0 Å². The van der Waals surface area contributed by atoms with Gasteiger partial charge in [-0.15, -0.1) is 0 Å². The first-order valence-corrected chi connectivity index (χ1v) is 5.91. The van der Waals surface area contributed by atoms with Gasteiger partial charge in [-0.25, -0.2) is 0 Å². The van der Waals surface area contributed by atoms with Crippen LogP contribution in [-0.2, 0) is 11.2 Å². The van der Waals surface area contributed by atoms with Gasteiger partial charge >= 0.3 is 0 Å². The normalized spacial score (nSPS) is 33.7. The molecule has 1 saturated heterocycles. The lowest BCUT2D eigenvalue weighted by Crippen LogP contribution is -2.47. The third kappa shape index (κ3) is 1.56. The van der Waals surface area contributed by atoms with Crippen molar-refractivity contribution in [2.24, 2.45) is 0 Å². The van der Waals surface area contributed by atoms with Gasteiger partial charge in [-0.05, 0) is 24.1 Å². The third-order valence-corrected chi connectivity index (χ3v) is 3.68. The first-order chi connectivity index (χ1) is 7.80. The number of benzene rings is 1. The van der Waals surface area contributed by atoms with Crippen molar-refractivity contribution >= 4 is 0 Å². The number of fused-ring (bicyclic) bond motifs is 1. The van der Waals surface area contributed by atoms with Crippen LogP contribution in [0.2, 0.25) is 0 Å². The number of ether oxygens (including phenoxy) is 1. The van der Waals surface area contributed by atoms with Crippen LogP contribution >= 0.6 is 0 Å². The summed E-state index contributed by atoms with van der Waals surface area (Å²) >= 11 is 0. The zero-order valence-electron chi connectivity index (χ0n) is 9.28. The van der Waals surface area contributed by atoms with Crippen LogP contribution in [-0.4, -0.2) is 30.5 Å². The summed E-state index contributed by atoms with van der Waals surface area (Å²) in [5.74, 6) is 0. The number of rotatable bonds is 1. The minimum absolute atomic E-state index is 0.0277. The number of hydrogen-bond donors (Lipinski definition) is 2. The molecule has 86 valence electrons. The monoisotopic (exact) mass is 219 g/mol. The molecule has 2 unspecified atom stereocenters. The van der Waals surface area contributed by atoms with E-state index in [2.05, 4.69) is 23.5 Å². The molecular weight excluding hydrogens is 202 g/mol. The molecule has 2 aliphatic heterocycles. The summed E-state index contributed by atoms with van der Waals surface area (Å²) in [6.07, 6.45) is 1.77. The minimum atomic E-state index is -0.726. The summed E-state index contributed by atoms with van der Waals surface area (Å²) in [6, 6.07) is 8.40. The fourth-order valence-corrected chi connectivity index (χ4v) is 2.78. The van der Waals surface area contributed by atoms with Gasteiger partial charge in [0.05, 0.1) is 12.6 Å². The highest BCUT2D eigenvalue weighted by molar-refractivity contribution is 5.34. The van der Waals surface area contributed by atoms with E-state index in [-0.39, 0.29) is 6.04 Å². The molecule has 0 spiro atoms. The van der Waals surface area contributed by atoms with Gasteiger partial charge in [-0.2, -0.15) is 0 Å². The maximum absolute atomic E-state index is 10.6. The molecule has 3 nitrogen and oxygen atoms in total. The molecule has 0 amide bonds. The maximum Gasteiger partial charge on any atom is 0.109 e. The Balaban J connectivity index is 1.98.